The molecule has 5 heteroatoms. The lowest BCUT2D eigenvalue weighted by Gasteiger charge is -2.13. The fraction of sp³-hybridized carbons (Fsp3) is 0. The molecular weight excluding hydrogens is 428 g/mol. The van der Waals surface area contributed by atoms with Crippen molar-refractivity contribution in [3.05, 3.63) is 114 Å². The van der Waals surface area contributed by atoms with Crippen LogP contribution in [0.4, 0.5) is 0 Å². The SMILES string of the molecule is N#Cc1c(Cl)cccc1-c1ccccc1-c1nc(-c2ccccc2)nc(-c2ccccc2)n1. The summed E-state index contributed by atoms with van der Waals surface area (Å²) in [7, 11) is 0. The zero-order valence-electron chi connectivity index (χ0n) is 17.5. The molecule has 5 rings (SSSR count). The minimum atomic E-state index is 0.412. The Morgan fingerprint density at radius 3 is 1.58 bits per heavy atom. The van der Waals surface area contributed by atoms with Gasteiger partial charge in [0, 0.05) is 22.3 Å². The fourth-order valence-corrected chi connectivity index (χ4v) is 3.92. The summed E-state index contributed by atoms with van der Waals surface area (Å²) in [6, 6.07) is 35.1. The highest BCUT2D eigenvalue weighted by atomic mass is 35.5. The van der Waals surface area contributed by atoms with Crippen LogP contribution >= 0.6 is 11.6 Å². The number of nitrogens with zero attached hydrogens (tertiary/aromatic N) is 4. The number of benzene rings is 4. The monoisotopic (exact) mass is 444 g/mol. The Bertz CT molecular complexity index is 1420. The molecule has 4 nitrogen and oxygen atoms in total. The molecule has 0 atom stereocenters. The maximum absolute atomic E-state index is 9.73. The van der Waals surface area contributed by atoms with Crippen LogP contribution in [-0.2, 0) is 0 Å². The Morgan fingerprint density at radius 2 is 1.00 bits per heavy atom. The number of nitriles is 1. The van der Waals surface area contributed by atoms with Gasteiger partial charge in [0.15, 0.2) is 17.5 Å². The van der Waals surface area contributed by atoms with Gasteiger partial charge >= 0.3 is 0 Å². The lowest BCUT2D eigenvalue weighted by atomic mass is 9.95. The van der Waals surface area contributed by atoms with Gasteiger partial charge in [-0.1, -0.05) is 109 Å². The number of aromatic nitrogens is 3. The first-order chi connectivity index (χ1) is 16.2. The lowest BCUT2D eigenvalue weighted by Crippen LogP contribution is -2.01. The number of rotatable bonds is 4. The predicted octanol–water partition coefficient (Wildman–Crippen LogP) is 7.06. The highest BCUT2D eigenvalue weighted by Gasteiger charge is 2.17. The van der Waals surface area contributed by atoms with Crippen molar-refractivity contribution in [2.75, 3.05) is 0 Å². The van der Waals surface area contributed by atoms with Crippen LogP contribution < -0.4 is 0 Å². The van der Waals surface area contributed by atoms with Crippen molar-refractivity contribution in [2.45, 2.75) is 0 Å². The lowest BCUT2D eigenvalue weighted by molar-refractivity contribution is 1.07. The minimum Gasteiger partial charge on any atom is -0.208 e. The van der Waals surface area contributed by atoms with Gasteiger partial charge in [0.05, 0.1) is 10.6 Å². The third kappa shape index (κ3) is 4.10. The largest absolute Gasteiger partial charge is 0.208 e. The second kappa shape index (κ2) is 9.04. The summed E-state index contributed by atoms with van der Waals surface area (Å²) < 4.78 is 0. The molecule has 0 N–H and O–H groups in total. The van der Waals surface area contributed by atoms with Gasteiger partial charge in [-0.15, -0.1) is 0 Å². The fourth-order valence-electron chi connectivity index (χ4n) is 3.70. The van der Waals surface area contributed by atoms with Crippen molar-refractivity contribution in [1.82, 2.24) is 15.0 Å². The van der Waals surface area contributed by atoms with E-state index in [0.717, 1.165) is 27.8 Å². The van der Waals surface area contributed by atoms with Gasteiger partial charge in [-0.3, -0.25) is 0 Å². The molecule has 0 aliphatic heterocycles. The molecule has 0 fully saturated rings. The van der Waals surface area contributed by atoms with Crippen LogP contribution in [0.1, 0.15) is 5.56 Å². The van der Waals surface area contributed by atoms with Crippen LogP contribution in [0, 0.1) is 11.3 Å². The van der Waals surface area contributed by atoms with Crippen molar-refractivity contribution in [1.29, 1.82) is 5.26 Å². The second-order valence-corrected chi connectivity index (χ2v) is 7.77. The zero-order valence-corrected chi connectivity index (χ0v) is 18.2. The summed E-state index contributed by atoms with van der Waals surface area (Å²) in [6.45, 7) is 0. The minimum absolute atomic E-state index is 0.412. The zero-order chi connectivity index (χ0) is 22.6. The molecule has 0 aliphatic rings. The maximum Gasteiger partial charge on any atom is 0.164 e. The van der Waals surface area contributed by atoms with E-state index in [1.54, 1.807) is 6.07 Å². The van der Waals surface area contributed by atoms with Gasteiger partial charge in [0.2, 0.25) is 0 Å². The Kier molecular flexibility index (Phi) is 5.63. The van der Waals surface area contributed by atoms with E-state index in [0.29, 0.717) is 28.1 Å². The summed E-state index contributed by atoms with van der Waals surface area (Å²) in [4.78, 5) is 14.4. The van der Waals surface area contributed by atoms with E-state index in [1.165, 1.54) is 0 Å². The van der Waals surface area contributed by atoms with E-state index in [9.17, 15) is 5.26 Å². The molecule has 0 bridgehead atoms. The van der Waals surface area contributed by atoms with Gasteiger partial charge in [0.25, 0.3) is 0 Å². The van der Waals surface area contributed by atoms with Crippen LogP contribution in [-0.4, -0.2) is 15.0 Å². The van der Waals surface area contributed by atoms with Crippen molar-refractivity contribution >= 4 is 11.6 Å². The molecule has 0 saturated heterocycles. The van der Waals surface area contributed by atoms with E-state index in [1.807, 2.05) is 97.1 Å². The summed E-state index contributed by atoms with van der Waals surface area (Å²) in [6.07, 6.45) is 0. The molecule has 1 aromatic heterocycles. The summed E-state index contributed by atoms with van der Waals surface area (Å²) >= 11 is 6.32. The third-order valence-electron chi connectivity index (χ3n) is 5.28. The molecule has 0 unspecified atom stereocenters. The van der Waals surface area contributed by atoms with E-state index in [4.69, 9.17) is 26.6 Å². The van der Waals surface area contributed by atoms with Crippen molar-refractivity contribution in [3.63, 3.8) is 0 Å². The number of hydrogen-bond donors (Lipinski definition) is 0. The van der Waals surface area contributed by atoms with Crippen molar-refractivity contribution in [3.8, 4) is 51.4 Å². The average Bonchev–Trinajstić information content (AvgIpc) is 2.89. The van der Waals surface area contributed by atoms with E-state index in [-0.39, 0.29) is 0 Å². The molecule has 0 amide bonds. The van der Waals surface area contributed by atoms with Crippen LogP contribution in [0.15, 0.2) is 103 Å². The van der Waals surface area contributed by atoms with Gasteiger partial charge in [-0.2, -0.15) is 5.26 Å². The van der Waals surface area contributed by atoms with E-state index < -0.39 is 0 Å². The van der Waals surface area contributed by atoms with Crippen LogP contribution in [0.25, 0.3) is 45.3 Å². The summed E-state index contributed by atoms with van der Waals surface area (Å²) in [5, 5.41) is 10.1. The molecule has 5 aromatic rings. The predicted molar refractivity (Wildman–Crippen MR) is 131 cm³/mol. The molecule has 0 radical (unpaired) electrons. The van der Waals surface area contributed by atoms with Crippen LogP contribution in [0.2, 0.25) is 5.02 Å². The Hall–Kier alpha value is -4.33. The van der Waals surface area contributed by atoms with E-state index in [2.05, 4.69) is 6.07 Å². The van der Waals surface area contributed by atoms with Gasteiger partial charge < -0.3 is 0 Å². The molecule has 156 valence electrons. The quantitative estimate of drug-likeness (QED) is 0.297. The Morgan fingerprint density at radius 1 is 0.515 bits per heavy atom. The molecule has 1 heterocycles. The van der Waals surface area contributed by atoms with Gasteiger partial charge in [-0.25, -0.2) is 15.0 Å². The summed E-state index contributed by atoms with van der Waals surface area (Å²) in [5.74, 6) is 1.70. The average molecular weight is 445 g/mol. The Balaban J connectivity index is 1.76. The molecule has 4 aromatic carbocycles. The topological polar surface area (TPSA) is 62.5 Å². The normalized spacial score (nSPS) is 10.5. The third-order valence-corrected chi connectivity index (χ3v) is 5.60. The first kappa shape index (κ1) is 20.6. The smallest absolute Gasteiger partial charge is 0.164 e. The highest BCUT2D eigenvalue weighted by Crippen LogP contribution is 2.35. The molecule has 33 heavy (non-hydrogen) atoms. The second-order valence-electron chi connectivity index (χ2n) is 7.36. The van der Waals surface area contributed by atoms with Gasteiger partial charge in [-0.05, 0) is 11.6 Å². The highest BCUT2D eigenvalue weighted by molar-refractivity contribution is 6.32. The molecular formula is C28H17ClN4. The van der Waals surface area contributed by atoms with Crippen LogP contribution in [0.5, 0.6) is 0 Å². The summed E-state index contributed by atoms with van der Waals surface area (Å²) in [5.41, 5.74) is 4.59. The van der Waals surface area contributed by atoms with E-state index >= 15 is 0 Å². The number of hydrogen-bond acceptors (Lipinski definition) is 4. The molecule has 0 saturated carbocycles. The van der Waals surface area contributed by atoms with Gasteiger partial charge in [0.1, 0.15) is 6.07 Å². The maximum atomic E-state index is 9.73. The number of halogens is 1. The molecule has 0 spiro atoms. The standard InChI is InChI=1S/C28H17ClN4/c29-25-17-9-16-22(24(25)18-30)21-14-7-8-15-23(21)28-32-26(19-10-3-1-4-11-19)31-27(33-28)20-12-5-2-6-13-20/h1-17H. The first-order valence-electron chi connectivity index (χ1n) is 10.4. The Labute approximate surface area is 196 Å². The van der Waals surface area contributed by atoms with Crippen LogP contribution in [0.3, 0.4) is 0 Å². The first-order valence-corrected chi connectivity index (χ1v) is 10.8. The van der Waals surface area contributed by atoms with Crippen molar-refractivity contribution in [2.24, 2.45) is 0 Å². The van der Waals surface area contributed by atoms with Crippen molar-refractivity contribution < 1.29 is 0 Å². The molecule has 0 aliphatic carbocycles.